The SMILES string of the molecule is CC(O)(CNC(=O)Nc1ccnn1Cc1ccc(Cl)c(F)c1)C(=O)O. The molecule has 0 aliphatic rings. The first kappa shape index (κ1) is 18.7. The molecule has 0 saturated heterocycles. The molecule has 0 spiro atoms. The molecule has 1 atom stereocenters. The molecule has 2 amide bonds. The van der Waals surface area contributed by atoms with E-state index in [0.29, 0.717) is 11.4 Å². The summed E-state index contributed by atoms with van der Waals surface area (Å²) in [4.78, 5) is 22.6. The van der Waals surface area contributed by atoms with E-state index in [0.717, 1.165) is 6.92 Å². The molecule has 1 aromatic heterocycles. The van der Waals surface area contributed by atoms with Crippen molar-refractivity contribution >= 4 is 29.4 Å². The summed E-state index contributed by atoms with van der Waals surface area (Å²) in [7, 11) is 0. The van der Waals surface area contributed by atoms with Crippen LogP contribution in [0, 0.1) is 5.82 Å². The van der Waals surface area contributed by atoms with Gasteiger partial charge in [0.2, 0.25) is 0 Å². The fraction of sp³-hybridized carbons (Fsp3) is 0.267. The van der Waals surface area contributed by atoms with Crippen LogP contribution in [-0.4, -0.2) is 44.1 Å². The zero-order valence-electron chi connectivity index (χ0n) is 13.2. The second kappa shape index (κ2) is 7.49. The molecule has 0 bridgehead atoms. The third kappa shape index (κ3) is 4.91. The van der Waals surface area contributed by atoms with Crippen molar-refractivity contribution in [1.29, 1.82) is 0 Å². The minimum Gasteiger partial charge on any atom is -0.479 e. The number of hydrogen-bond donors (Lipinski definition) is 4. The maximum atomic E-state index is 13.5. The Labute approximate surface area is 147 Å². The van der Waals surface area contributed by atoms with Gasteiger partial charge in [0.15, 0.2) is 5.60 Å². The summed E-state index contributed by atoms with van der Waals surface area (Å²) >= 11 is 5.63. The van der Waals surface area contributed by atoms with Crippen LogP contribution in [0.3, 0.4) is 0 Å². The third-order valence-corrected chi connectivity index (χ3v) is 3.63. The Kier molecular flexibility index (Phi) is 5.60. The lowest BCUT2D eigenvalue weighted by Gasteiger charge is -2.18. The van der Waals surface area contributed by atoms with Gasteiger partial charge >= 0.3 is 12.0 Å². The predicted octanol–water partition coefficient (Wildman–Crippen LogP) is 1.68. The number of carboxylic acids is 1. The smallest absolute Gasteiger partial charge is 0.337 e. The first-order valence-electron chi connectivity index (χ1n) is 7.15. The number of nitrogens with zero attached hydrogens (tertiary/aromatic N) is 2. The fourth-order valence-electron chi connectivity index (χ4n) is 1.86. The second-order valence-electron chi connectivity index (χ2n) is 5.51. The van der Waals surface area contributed by atoms with E-state index in [4.69, 9.17) is 16.7 Å². The maximum absolute atomic E-state index is 13.5. The van der Waals surface area contributed by atoms with Crippen molar-refractivity contribution in [2.75, 3.05) is 11.9 Å². The summed E-state index contributed by atoms with van der Waals surface area (Å²) in [5.74, 6) is -1.71. The van der Waals surface area contributed by atoms with Crippen LogP contribution < -0.4 is 10.6 Å². The van der Waals surface area contributed by atoms with Crippen LogP contribution in [-0.2, 0) is 11.3 Å². The number of anilines is 1. The summed E-state index contributed by atoms with van der Waals surface area (Å²) in [5, 5.41) is 27.1. The van der Waals surface area contributed by atoms with Gasteiger partial charge in [-0.3, -0.25) is 5.32 Å². The maximum Gasteiger partial charge on any atom is 0.337 e. The Bertz CT molecular complexity index is 794. The number of carbonyl (C=O) groups is 2. The predicted molar refractivity (Wildman–Crippen MR) is 88.0 cm³/mol. The normalized spacial score (nSPS) is 13.1. The topological polar surface area (TPSA) is 116 Å². The minimum atomic E-state index is -2.08. The molecule has 134 valence electrons. The van der Waals surface area contributed by atoms with E-state index >= 15 is 0 Å². The Hall–Kier alpha value is -2.65. The van der Waals surface area contributed by atoms with E-state index < -0.39 is 30.0 Å². The van der Waals surface area contributed by atoms with Gasteiger partial charge in [-0.2, -0.15) is 5.10 Å². The monoisotopic (exact) mass is 370 g/mol. The van der Waals surface area contributed by atoms with E-state index in [1.807, 2.05) is 0 Å². The van der Waals surface area contributed by atoms with Crippen LogP contribution in [0.1, 0.15) is 12.5 Å². The molecule has 1 aromatic carbocycles. The van der Waals surface area contributed by atoms with Crippen LogP contribution in [0.15, 0.2) is 30.5 Å². The van der Waals surface area contributed by atoms with Crippen LogP contribution in [0.2, 0.25) is 5.02 Å². The molecule has 2 aromatic rings. The zero-order chi connectivity index (χ0) is 18.6. The second-order valence-corrected chi connectivity index (χ2v) is 5.92. The minimum absolute atomic E-state index is 0.00687. The summed E-state index contributed by atoms with van der Waals surface area (Å²) in [6.07, 6.45) is 1.44. The molecule has 4 N–H and O–H groups in total. The first-order chi connectivity index (χ1) is 11.7. The van der Waals surface area contributed by atoms with Crippen LogP contribution in [0.25, 0.3) is 0 Å². The molecule has 0 aliphatic carbocycles. The molecule has 25 heavy (non-hydrogen) atoms. The number of benzene rings is 1. The quantitative estimate of drug-likeness (QED) is 0.617. The number of halogens is 2. The Balaban J connectivity index is 2.00. The van der Waals surface area contributed by atoms with Crippen LogP contribution in [0.4, 0.5) is 15.0 Å². The van der Waals surface area contributed by atoms with Crippen molar-refractivity contribution in [3.63, 3.8) is 0 Å². The van der Waals surface area contributed by atoms with Gasteiger partial charge in [-0.1, -0.05) is 17.7 Å². The number of aliphatic hydroxyl groups is 1. The number of aromatic nitrogens is 2. The average Bonchev–Trinajstić information content (AvgIpc) is 2.96. The number of nitrogens with one attached hydrogen (secondary N) is 2. The Morgan fingerprint density at radius 3 is 2.76 bits per heavy atom. The number of urea groups is 1. The lowest BCUT2D eigenvalue weighted by Crippen LogP contribution is -2.47. The summed E-state index contributed by atoms with van der Waals surface area (Å²) in [5.41, 5.74) is -1.50. The van der Waals surface area contributed by atoms with Crippen molar-refractivity contribution in [2.45, 2.75) is 19.1 Å². The molecule has 10 heteroatoms. The lowest BCUT2D eigenvalue weighted by atomic mass is 10.1. The summed E-state index contributed by atoms with van der Waals surface area (Å²) in [6.45, 7) is 0.767. The van der Waals surface area contributed by atoms with Gasteiger partial charge in [-0.15, -0.1) is 0 Å². The highest BCUT2D eigenvalue weighted by Crippen LogP contribution is 2.17. The molecule has 1 heterocycles. The molecule has 2 rings (SSSR count). The van der Waals surface area contributed by atoms with E-state index in [-0.39, 0.29) is 11.6 Å². The molecule has 1 unspecified atom stereocenters. The zero-order valence-corrected chi connectivity index (χ0v) is 13.9. The Morgan fingerprint density at radius 1 is 1.40 bits per heavy atom. The number of amides is 2. The number of rotatable bonds is 6. The number of hydrogen-bond acceptors (Lipinski definition) is 4. The summed E-state index contributed by atoms with van der Waals surface area (Å²) < 4.78 is 14.9. The highest BCUT2D eigenvalue weighted by Gasteiger charge is 2.30. The van der Waals surface area contributed by atoms with Gasteiger partial charge in [0.1, 0.15) is 11.6 Å². The summed E-state index contributed by atoms with van der Waals surface area (Å²) in [6, 6.07) is 5.11. The van der Waals surface area contributed by atoms with E-state index in [9.17, 15) is 19.1 Å². The molecule has 8 nitrogen and oxygen atoms in total. The number of carbonyl (C=O) groups excluding carboxylic acids is 1. The Morgan fingerprint density at radius 2 is 2.12 bits per heavy atom. The molecule has 0 saturated carbocycles. The standard InChI is InChI=1S/C15H16ClFN4O4/c1-15(25,13(22)23)8-18-14(24)20-12-4-5-19-21(12)7-9-2-3-10(16)11(17)6-9/h2-6,25H,7-8H2,1H3,(H,22,23)(H2,18,20,24). The van der Waals surface area contributed by atoms with E-state index in [1.54, 1.807) is 6.07 Å². The van der Waals surface area contributed by atoms with Gasteiger partial charge in [0.25, 0.3) is 0 Å². The van der Waals surface area contributed by atoms with Crippen LogP contribution >= 0.6 is 11.6 Å². The fourth-order valence-corrected chi connectivity index (χ4v) is 1.98. The van der Waals surface area contributed by atoms with E-state index in [2.05, 4.69) is 15.7 Å². The third-order valence-electron chi connectivity index (χ3n) is 3.33. The van der Waals surface area contributed by atoms with Gasteiger partial charge in [-0.05, 0) is 24.6 Å². The van der Waals surface area contributed by atoms with Crippen molar-refractivity contribution < 1.29 is 24.2 Å². The van der Waals surface area contributed by atoms with Crippen molar-refractivity contribution in [3.8, 4) is 0 Å². The van der Waals surface area contributed by atoms with Gasteiger partial charge < -0.3 is 15.5 Å². The highest BCUT2D eigenvalue weighted by atomic mass is 35.5. The van der Waals surface area contributed by atoms with Gasteiger partial charge in [0, 0.05) is 6.07 Å². The van der Waals surface area contributed by atoms with Crippen molar-refractivity contribution in [2.24, 2.45) is 0 Å². The number of aliphatic carboxylic acids is 1. The van der Waals surface area contributed by atoms with Gasteiger partial charge in [0.05, 0.1) is 24.3 Å². The van der Waals surface area contributed by atoms with Gasteiger partial charge in [-0.25, -0.2) is 18.7 Å². The molecule has 0 fully saturated rings. The molecule has 0 radical (unpaired) electrons. The molecule has 0 aliphatic heterocycles. The van der Waals surface area contributed by atoms with Crippen LogP contribution in [0.5, 0.6) is 0 Å². The number of carboxylic acid groups (broad SMARTS) is 1. The largest absolute Gasteiger partial charge is 0.479 e. The highest BCUT2D eigenvalue weighted by molar-refractivity contribution is 6.30. The average molecular weight is 371 g/mol. The lowest BCUT2D eigenvalue weighted by molar-refractivity contribution is -0.155. The van der Waals surface area contributed by atoms with Crippen molar-refractivity contribution in [1.82, 2.24) is 15.1 Å². The first-order valence-corrected chi connectivity index (χ1v) is 7.53. The van der Waals surface area contributed by atoms with E-state index in [1.165, 1.54) is 29.1 Å². The molecular weight excluding hydrogens is 355 g/mol. The molecular formula is C15H16ClFN4O4. The van der Waals surface area contributed by atoms with Crippen molar-refractivity contribution in [3.05, 3.63) is 46.9 Å².